The number of nitrogens with zero attached hydrogens (tertiary/aromatic N) is 1. The van der Waals surface area contributed by atoms with Gasteiger partial charge in [-0.2, -0.15) is 0 Å². The minimum absolute atomic E-state index is 0.0828. The molecule has 9 heteroatoms. The molecule has 1 saturated heterocycles. The van der Waals surface area contributed by atoms with Crippen LogP contribution in [0.4, 0.5) is 10.1 Å². The summed E-state index contributed by atoms with van der Waals surface area (Å²) >= 11 is 1.34. The number of ketones is 1. The van der Waals surface area contributed by atoms with Crippen LogP contribution in [0.3, 0.4) is 0 Å². The average Bonchev–Trinajstić information content (AvgIpc) is 3.44. The summed E-state index contributed by atoms with van der Waals surface area (Å²) in [5.41, 5.74) is 0.739. The summed E-state index contributed by atoms with van der Waals surface area (Å²) in [5, 5.41) is -0.510. The van der Waals surface area contributed by atoms with Gasteiger partial charge in [-0.25, -0.2) is 14.1 Å². The van der Waals surface area contributed by atoms with Crippen LogP contribution in [-0.2, 0) is 20.1 Å². The highest BCUT2D eigenvalue weighted by Gasteiger charge is 2.39. The van der Waals surface area contributed by atoms with Gasteiger partial charge in [-0.15, -0.1) is 11.8 Å². The van der Waals surface area contributed by atoms with Crippen molar-refractivity contribution in [1.82, 2.24) is 0 Å². The SMILES string of the molecule is O=C(COC(=O)c1ccc(N2C(=O)CC(SCc3ccco3)C2=O)cc1)c1ccc(F)cc1. The molecule has 4 rings (SSSR count). The van der Waals surface area contributed by atoms with Crippen molar-refractivity contribution in [1.29, 1.82) is 0 Å². The molecule has 1 aliphatic heterocycles. The van der Waals surface area contributed by atoms with Crippen molar-refractivity contribution in [2.24, 2.45) is 0 Å². The number of benzene rings is 2. The van der Waals surface area contributed by atoms with E-state index in [1.54, 1.807) is 18.4 Å². The second-order valence-electron chi connectivity index (χ2n) is 7.20. The fraction of sp³-hybridized carbons (Fsp3) is 0.167. The lowest BCUT2D eigenvalue weighted by atomic mass is 10.1. The number of furan rings is 1. The molecule has 1 fully saturated rings. The van der Waals surface area contributed by atoms with E-state index in [9.17, 15) is 23.6 Å². The van der Waals surface area contributed by atoms with Crippen molar-refractivity contribution in [2.75, 3.05) is 11.5 Å². The van der Waals surface area contributed by atoms with Crippen LogP contribution in [0.2, 0.25) is 0 Å². The van der Waals surface area contributed by atoms with Gasteiger partial charge in [0.05, 0.1) is 28.5 Å². The van der Waals surface area contributed by atoms with Crippen molar-refractivity contribution < 1.29 is 32.7 Å². The molecule has 0 radical (unpaired) electrons. The van der Waals surface area contributed by atoms with Gasteiger partial charge in [-0.1, -0.05) is 0 Å². The Hall–Kier alpha value is -3.72. The van der Waals surface area contributed by atoms with Crippen molar-refractivity contribution in [3.05, 3.63) is 89.6 Å². The van der Waals surface area contributed by atoms with E-state index in [4.69, 9.17) is 9.15 Å². The molecule has 0 saturated carbocycles. The van der Waals surface area contributed by atoms with E-state index in [1.807, 2.05) is 0 Å². The number of amides is 2. The summed E-state index contributed by atoms with van der Waals surface area (Å²) in [6.45, 7) is -0.496. The van der Waals surface area contributed by atoms with Crippen LogP contribution in [0, 0.1) is 5.82 Å². The number of thioether (sulfide) groups is 1. The van der Waals surface area contributed by atoms with Gasteiger partial charge in [0.15, 0.2) is 12.4 Å². The van der Waals surface area contributed by atoms with Gasteiger partial charge in [0, 0.05) is 12.0 Å². The molecule has 1 unspecified atom stereocenters. The van der Waals surface area contributed by atoms with Crippen LogP contribution < -0.4 is 4.90 Å². The molecule has 2 heterocycles. The highest BCUT2D eigenvalue weighted by Crippen LogP contribution is 2.31. The van der Waals surface area contributed by atoms with Crippen LogP contribution in [0.15, 0.2) is 71.3 Å². The third kappa shape index (κ3) is 5.20. The van der Waals surface area contributed by atoms with Gasteiger partial charge < -0.3 is 9.15 Å². The molecule has 0 aliphatic carbocycles. The first kappa shape index (κ1) is 22.5. The smallest absolute Gasteiger partial charge is 0.338 e. The number of hydrogen-bond donors (Lipinski definition) is 0. The third-order valence-electron chi connectivity index (χ3n) is 4.97. The van der Waals surface area contributed by atoms with E-state index in [2.05, 4.69) is 0 Å². The lowest BCUT2D eigenvalue weighted by Crippen LogP contribution is -2.31. The van der Waals surface area contributed by atoms with Crippen LogP contribution >= 0.6 is 11.8 Å². The van der Waals surface area contributed by atoms with E-state index in [1.165, 1.54) is 48.2 Å². The highest BCUT2D eigenvalue weighted by molar-refractivity contribution is 7.99. The normalized spacial score (nSPS) is 15.7. The average molecular weight is 467 g/mol. The first-order valence-electron chi connectivity index (χ1n) is 9.99. The van der Waals surface area contributed by atoms with Crippen molar-refractivity contribution in [3.63, 3.8) is 0 Å². The molecular weight excluding hydrogens is 449 g/mol. The molecule has 1 aliphatic rings. The maximum absolute atomic E-state index is 12.9. The predicted molar refractivity (Wildman–Crippen MR) is 118 cm³/mol. The van der Waals surface area contributed by atoms with Gasteiger partial charge in [-0.3, -0.25) is 14.4 Å². The summed E-state index contributed by atoms with van der Waals surface area (Å²) in [7, 11) is 0. The first-order valence-corrected chi connectivity index (χ1v) is 11.0. The molecule has 168 valence electrons. The fourth-order valence-corrected chi connectivity index (χ4v) is 4.30. The Morgan fingerprint density at radius 3 is 2.39 bits per heavy atom. The van der Waals surface area contributed by atoms with E-state index >= 15 is 0 Å². The molecule has 0 spiro atoms. The van der Waals surface area contributed by atoms with Gasteiger partial charge in [0.25, 0.3) is 0 Å². The van der Waals surface area contributed by atoms with Crippen molar-refractivity contribution >= 4 is 41.0 Å². The zero-order chi connectivity index (χ0) is 23.4. The number of carbonyl (C=O) groups excluding carboxylic acids is 4. The number of esters is 1. The number of ether oxygens (including phenoxy) is 1. The lowest BCUT2D eigenvalue weighted by molar-refractivity contribution is -0.121. The van der Waals surface area contributed by atoms with E-state index < -0.39 is 29.4 Å². The maximum Gasteiger partial charge on any atom is 0.338 e. The molecule has 1 atom stereocenters. The Balaban J connectivity index is 1.34. The maximum atomic E-state index is 12.9. The monoisotopic (exact) mass is 467 g/mol. The van der Waals surface area contributed by atoms with E-state index in [0.29, 0.717) is 11.4 Å². The number of carbonyl (C=O) groups is 4. The molecule has 1 aromatic heterocycles. The molecular formula is C24H18FNO6S. The Kier molecular flexibility index (Phi) is 6.69. The predicted octanol–water partition coefficient (Wildman–Crippen LogP) is 4.02. The van der Waals surface area contributed by atoms with Gasteiger partial charge in [-0.05, 0) is 60.7 Å². The quantitative estimate of drug-likeness (QED) is 0.281. The van der Waals surface area contributed by atoms with Gasteiger partial charge in [0.2, 0.25) is 11.8 Å². The molecule has 0 N–H and O–H groups in total. The number of rotatable bonds is 8. The number of Topliss-reactive ketones (excluding diaryl/α,β-unsaturated/α-hetero) is 1. The number of imide groups is 1. The second kappa shape index (κ2) is 9.83. The summed E-state index contributed by atoms with van der Waals surface area (Å²) in [6.07, 6.45) is 1.63. The largest absolute Gasteiger partial charge is 0.468 e. The van der Waals surface area contributed by atoms with Gasteiger partial charge >= 0.3 is 5.97 Å². The summed E-state index contributed by atoms with van der Waals surface area (Å²) in [5.74, 6) is -1.12. The number of halogens is 1. The Morgan fingerprint density at radius 1 is 1.03 bits per heavy atom. The highest BCUT2D eigenvalue weighted by atomic mass is 32.2. The van der Waals surface area contributed by atoms with Gasteiger partial charge in [0.1, 0.15) is 11.6 Å². The minimum Gasteiger partial charge on any atom is -0.468 e. The fourth-order valence-electron chi connectivity index (χ4n) is 3.26. The third-order valence-corrected chi connectivity index (χ3v) is 6.20. The summed E-state index contributed by atoms with van der Waals surface area (Å²) < 4.78 is 23.2. The molecule has 2 amide bonds. The zero-order valence-electron chi connectivity index (χ0n) is 17.2. The van der Waals surface area contributed by atoms with Crippen LogP contribution in [-0.4, -0.2) is 35.4 Å². The molecule has 2 aromatic carbocycles. The summed E-state index contributed by atoms with van der Waals surface area (Å²) in [4.78, 5) is 50.6. The Labute approximate surface area is 192 Å². The molecule has 7 nitrogen and oxygen atoms in total. The first-order chi connectivity index (χ1) is 15.9. The number of anilines is 1. The molecule has 3 aromatic rings. The Bertz CT molecular complexity index is 1170. The van der Waals surface area contributed by atoms with Crippen molar-refractivity contribution in [2.45, 2.75) is 17.4 Å². The van der Waals surface area contributed by atoms with Crippen LogP contribution in [0.5, 0.6) is 0 Å². The Morgan fingerprint density at radius 2 is 1.73 bits per heavy atom. The molecule has 0 bridgehead atoms. The standard InChI is InChI=1S/C24H18FNO6S/c25-17-7-3-15(4-8-17)20(27)13-32-24(30)16-5-9-18(10-6-16)26-22(28)12-21(23(26)29)33-14-19-2-1-11-31-19/h1-11,21H,12-14H2. The lowest BCUT2D eigenvalue weighted by Gasteiger charge is -2.15. The van der Waals surface area contributed by atoms with E-state index in [0.717, 1.165) is 22.8 Å². The van der Waals surface area contributed by atoms with Crippen LogP contribution in [0.25, 0.3) is 0 Å². The minimum atomic E-state index is -0.733. The van der Waals surface area contributed by atoms with Crippen LogP contribution in [0.1, 0.15) is 32.9 Å². The zero-order valence-corrected chi connectivity index (χ0v) is 18.0. The number of hydrogen-bond acceptors (Lipinski definition) is 7. The van der Waals surface area contributed by atoms with Crippen molar-refractivity contribution in [3.8, 4) is 0 Å². The second-order valence-corrected chi connectivity index (χ2v) is 8.39. The summed E-state index contributed by atoms with van der Waals surface area (Å²) in [6, 6.07) is 14.3. The topological polar surface area (TPSA) is 93.9 Å². The van der Waals surface area contributed by atoms with E-state index in [-0.39, 0.29) is 29.4 Å². The molecule has 33 heavy (non-hydrogen) atoms.